The monoisotopic (exact) mass is 265 g/mol. The standard InChI is InChI=1S/C13H19N3O3/c1-4-7-13(3,11(17)18)16-12(19)15-10-6-5-8-14-9(10)2/h5-6,8H,4,7H2,1-3H3,(H,17,18)(H2,15,16,19). The van der Waals surface area contributed by atoms with Gasteiger partial charge in [-0.25, -0.2) is 9.59 Å². The van der Waals surface area contributed by atoms with Crippen LogP contribution in [0, 0.1) is 6.92 Å². The highest BCUT2D eigenvalue weighted by molar-refractivity contribution is 5.94. The van der Waals surface area contributed by atoms with E-state index in [1.165, 1.54) is 6.92 Å². The van der Waals surface area contributed by atoms with E-state index in [0.717, 1.165) is 0 Å². The molecule has 1 rings (SSSR count). The number of carbonyl (C=O) groups is 2. The van der Waals surface area contributed by atoms with Gasteiger partial charge < -0.3 is 15.7 Å². The summed E-state index contributed by atoms with van der Waals surface area (Å²) in [5, 5.41) is 14.3. The van der Waals surface area contributed by atoms with Crippen LogP contribution in [0.2, 0.25) is 0 Å². The van der Waals surface area contributed by atoms with Gasteiger partial charge in [-0.05, 0) is 32.4 Å². The van der Waals surface area contributed by atoms with Crippen LogP contribution < -0.4 is 10.6 Å². The van der Waals surface area contributed by atoms with Crippen molar-refractivity contribution in [2.24, 2.45) is 0 Å². The zero-order valence-corrected chi connectivity index (χ0v) is 11.4. The molecule has 0 aliphatic rings. The molecule has 3 N–H and O–H groups in total. The molecule has 0 bridgehead atoms. The predicted octanol–water partition coefficient (Wildman–Crippen LogP) is 2.15. The van der Waals surface area contributed by atoms with E-state index in [1.807, 2.05) is 6.92 Å². The van der Waals surface area contributed by atoms with Crippen LogP contribution in [0.3, 0.4) is 0 Å². The van der Waals surface area contributed by atoms with Crippen LogP contribution in [0.5, 0.6) is 0 Å². The highest BCUT2D eigenvalue weighted by atomic mass is 16.4. The molecule has 1 unspecified atom stereocenters. The lowest BCUT2D eigenvalue weighted by Crippen LogP contribution is -2.53. The minimum absolute atomic E-state index is 0.363. The van der Waals surface area contributed by atoms with Gasteiger partial charge in [-0.15, -0.1) is 0 Å². The first kappa shape index (κ1) is 14.9. The van der Waals surface area contributed by atoms with Crippen molar-refractivity contribution < 1.29 is 14.7 Å². The number of rotatable bonds is 5. The van der Waals surface area contributed by atoms with Gasteiger partial charge in [0.1, 0.15) is 5.54 Å². The van der Waals surface area contributed by atoms with E-state index in [1.54, 1.807) is 25.3 Å². The van der Waals surface area contributed by atoms with Gasteiger partial charge in [0.15, 0.2) is 0 Å². The van der Waals surface area contributed by atoms with Crippen LogP contribution in [-0.4, -0.2) is 27.6 Å². The Hall–Kier alpha value is -2.11. The molecule has 104 valence electrons. The summed E-state index contributed by atoms with van der Waals surface area (Å²) in [7, 11) is 0. The predicted molar refractivity (Wildman–Crippen MR) is 72.1 cm³/mol. The maximum atomic E-state index is 11.8. The molecule has 1 atom stereocenters. The number of urea groups is 1. The maximum absolute atomic E-state index is 11.8. The number of pyridine rings is 1. The van der Waals surface area contributed by atoms with Crippen molar-refractivity contribution in [1.82, 2.24) is 10.3 Å². The molecule has 0 aromatic carbocycles. The van der Waals surface area contributed by atoms with E-state index >= 15 is 0 Å². The summed E-state index contributed by atoms with van der Waals surface area (Å²) in [4.78, 5) is 27.1. The number of nitrogens with zero attached hydrogens (tertiary/aromatic N) is 1. The lowest BCUT2D eigenvalue weighted by atomic mass is 9.97. The average molecular weight is 265 g/mol. The molecule has 0 spiro atoms. The summed E-state index contributed by atoms with van der Waals surface area (Å²) in [5.74, 6) is -1.05. The Morgan fingerprint density at radius 1 is 1.47 bits per heavy atom. The Kier molecular flexibility index (Phi) is 4.86. The number of anilines is 1. The lowest BCUT2D eigenvalue weighted by molar-refractivity contribution is -0.143. The molecule has 0 saturated heterocycles. The molecule has 1 aromatic rings. The second kappa shape index (κ2) is 6.17. The molecule has 19 heavy (non-hydrogen) atoms. The topological polar surface area (TPSA) is 91.3 Å². The van der Waals surface area contributed by atoms with Gasteiger partial charge in [-0.2, -0.15) is 0 Å². The van der Waals surface area contributed by atoms with Gasteiger partial charge >= 0.3 is 12.0 Å². The normalized spacial score (nSPS) is 13.4. The van der Waals surface area contributed by atoms with E-state index in [2.05, 4.69) is 15.6 Å². The maximum Gasteiger partial charge on any atom is 0.329 e. The van der Waals surface area contributed by atoms with Crippen molar-refractivity contribution in [3.05, 3.63) is 24.0 Å². The van der Waals surface area contributed by atoms with Crippen LogP contribution in [0.25, 0.3) is 0 Å². The number of carboxylic acid groups (broad SMARTS) is 1. The van der Waals surface area contributed by atoms with Gasteiger partial charge in [-0.3, -0.25) is 4.98 Å². The molecular weight excluding hydrogens is 246 g/mol. The van der Waals surface area contributed by atoms with Gasteiger partial charge in [0.2, 0.25) is 0 Å². The fourth-order valence-corrected chi connectivity index (χ4v) is 1.74. The Morgan fingerprint density at radius 3 is 2.68 bits per heavy atom. The van der Waals surface area contributed by atoms with E-state index in [-0.39, 0.29) is 0 Å². The van der Waals surface area contributed by atoms with Crippen molar-refractivity contribution >= 4 is 17.7 Å². The van der Waals surface area contributed by atoms with Crippen LogP contribution in [0.1, 0.15) is 32.4 Å². The van der Waals surface area contributed by atoms with Crippen molar-refractivity contribution in [3.63, 3.8) is 0 Å². The minimum atomic E-state index is -1.27. The van der Waals surface area contributed by atoms with Gasteiger partial charge in [0.25, 0.3) is 0 Å². The molecule has 0 aliphatic carbocycles. The fraction of sp³-hybridized carbons (Fsp3) is 0.462. The number of aromatic nitrogens is 1. The second-order valence-corrected chi connectivity index (χ2v) is 4.60. The van der Waals surface area contributed by atoms with Crippen molar-refractivity contribution in [3.8, 4) is 0 Å². The van der Waals surface area contributed by atoms with Crippen molar-refractivity contribution in [2.45, 2.75) is 39.2 Å². The van der Waals surface area contributed by atoms with Gasteiger partial charge in [0, 0.05) is 6.20 Å². The first-order chi connectivity index (χ1) is 8.89. The largest absolute Gasteiger partial charge is 0.480 e. The Morgan fingerprint density at radius 2 is 2.16 bits per heavy atom. The number of carbonyl (C=O) groups excluding carboxylic acids is 1. The third kappa shape index (κ3) is 3.94. The zero-order chi connectivity index (χ0) is 14.5. The van der Waals surface area contributed by atoms with Crippen molar-refractivity contribution in [1.29, 1.82) is 0 Å². The molecular formula is C13H19N3O3. The zero-order valence-electron chi connectivity index (χ0n) is 11.4. The molecule has 1 heterocycles. The molecule has 0 fully saturated rings. The summed E-state index contributed by atoms with van der Waals surface area (Å²) in [6, 6.07) is 2.86. The molecule has 0 radical (unpaired) electrons. The number of nitrogens with one attached hydrogen (secondary N) is 2. The second-order valence-electron chi connectivity index (χ2n) is 4.60. The van der Waals surface area contributed by atoms with Gasteiger partial charge in [0.05, 0.1) is 11.4 Å². The summed E-state index contributed by atoms with van der Waals surface area (Å²) >= 11 is 0. The van der Waals surface area contributed by atoms with Gasteiger partial charge in [-0.1, -0.05) is 13.3 Å². The van der Waals surface area contributed by atoms with E-state index in [0.29, 0.717) is 24.2 Å². The molecule has 6 heteroatoms. The smallest absolute Gasteiger partial charge is 0.329 e. The number of carboxylic acids is 1. The number of amides is 2. The molecule has 0 aliphatic heterocycles. The first-order valence-electron chi connectivity index (χ1n) is 6.13. The SMILES string of the molecule is CCCC(C)(NC(=O)Nc1cccnc1C)C(=O)O. The summed E-state index contributed by atoms with van der Waals surface area (Å²) < 4.78 is 0. The highest BCUT2D eigenvalue weighted by Crippen LogP contribution is 2.14. The number of aliphatic carboxylic acids is 1. The minimum Gasteiger partial charge on any atom is -0.480 e. The van der Waals surface area contributed by atoms with Crippen LogP contribution in [-0.2, 0) is 4.79 Å². The molecule has 2 amide bonds. The van der Waals surface area contributed by atoms with E-state index in [9.17, 15) is 14.7 Å². The Bertz CT molecular complexity index is 476. The fourth-order valence-electron chi connectivity index (χ4n) is 1.74. The first-order valence-corrected chi connectivity index (χ1v) is 6.13. The van der Waals surface area contributed by atoms with Crippen LogP contribution in [0.15, 0.2) is 18.3 Å². The Balaban J connectivity index is 2.74. The molecule has 1 aromatic heterocycles. The van der Waals surface area contributed by atoms with E-state index < -0.39 is 17.5 Å². The summed E-state index contributed by atoms with van der Waals surface area (Å²) in [6.07, 6.45) is 2.65. The third-order valence-electron chi connectivity index (χ3n) is 2.87. The number of hydrogen-bond acceptors (Lipinski definition) is 3. The van der Waals surface area contributed by atoms with E-state index in [4.69, 9.17) is 0 Å². The molecule has 6 nitrogen and oxygen atoms in total. The van der Waals surface area contributed by atoms with Crippen LogP contribution >= 0.6 is 0 Å². The quantitative estimate of drug-likeness (QED) is 0.760. The van der Waals surface area contributed by atoms with Crippen LogP contribution in [0.4, 0.5) is 10.5 Å². The lowest BCUT2D eigenvalue weighted by Gasteiger charge is -2.25. The van der Waals surface area contributed by atoms with Crippen molar-refractivity contribution in [2.75, 3.05) is 5.32 Å². The average Bonchev–Trinajstić information content (AvgIpc) is 2.32. The molecule has 0 saturated carbocycles. The highest BCUT2D eigenvalue weighted by Gasteiger charge is 2.33. The summed E-state index contributed by atoms with van der Waals surface area (Å²) in [5.41, 5.74) is -0.0380. The number of aryl methyl sites for hydroxylation is 1. The Labute approximate surface area is 112 Å². The number of hydrogen-bond donors (Lipinski definition) is 3. The third-order valence-corrected chi connectivity index (χ3v) is 2.87. The summed E-state index contributed by atoms with van der Waals surface area (Å²) in [6.45, 7) is 5.12.